The third-order valence-electron chi connectivity index (χ3n) is 7.00. The van der Waals surface area contributed by atoms with Gasteiger partial charge in [-0.1, -0.05) is 37.3 Å². The van der Waals surface area contributed by atoms with Crippen molar-refractivity contribution in [2.24, 2.45) is 0 Å². The van der Waals surface area contributed by atoms with Crippen LogP contribution in [0.25, 0.3) is 0 Å². The van der Waals surface area contributed by atoms with Crippen molar-refractivity contribution in [2.45, 2.75) is 102 Å². The molecule has 1 heterocycles. The molecule has 0 radical (unpaired) electrons. The number of halogens is 3. The minimum Gasteiger partial charge on any atom is -0.402 e. The molecule has 1 aromatic carbocycles. The van der Waals surface area contributed by atoms with Gasteiger partial charge in [0.15, 0.2) is 0 Å². The fourth-order valence-corrected chi connectivity index (χ4v) is 5.24. The largest absolute Gasteiger partial charge is 0.486 e. The fourth-order valence-electron chi connectivity index (χ4n) is 3.82. The maximum atomic E-state index is 14.8. The molecule has 0 spiro atoms. The Morgan fingerprint density at radius 1 is 1.03 bits per heavy atom. The lowest BCUT2D eigenvalue weighted by Crippen LogP contribution is -2.68. The summed E-state index contributed by atoms with van der Waals surface area (Å²) in [7, 11) is -2.55. The van der Waals surface area contributed by atoms with E-state index in [1.807, 2.05) is 0 Å². The van der Waals surface area contributed by atoms with E-state index in [0.717, 1.165) is 11.4 Å². The maximum absolute atomic E-state index is 14.8. The Kier molecular flexibility index (Phi) is 8.06. The molecule has 1 aromatic rings. The molecule has 11 heteroatoms. The van der Waals surface area contributed by atoms with Crippen LogP contribution < -0.4 is 0 Å². The van der Waals surface area contributed by atoms with E-state index < -0.39 is 62.7 Å². The second-order valence-electron chi connectivity index (χ2n) is 11.0. The standard InChI is InChI=1S/C24H37BF3NO5S/c1-11-22(9,25-33-20(5,6)21(7,8)34-25)29(35(31)19(2,3)4)18(30)23(32-10,24(26,27)28)17-15-13-12-14-16-17/h12-16H,11H2,1-10H3/t22-,23+,35+/m0/s1. The fraction of sp³-hybridized carbons (Fsp3) is 0.708. The molecule has 0 N–H and O–H groups in total. The molecule has 0 aromatic heterocycles. The van der Waals surface area contributed by atoms with E-state index in [1.54, 1.807) is 62.3 Å². The summed E-state index contributed by atoms with van der Waals surface area (Å²) < 4.78 is 75.4. The molecule has 1 saturated heterocycles. The summed E-state index contributed by atoms with van der Waals surface area (Å²) in [6.45, 7) is 15.2. The maximum Gasteiger partial charge on any atom is 0.486 e. The van der Waals surface area contributed by atoms with Gasteiger partial charge in [-0.25, -0.2) is 4.21 Å². The molecule has 0 bridgehead atoms. The molecule has 35 heavy (non-hydrogen) atoms. The Balaban J connectivity index is 2.84. The van der Waals surface area contributed by atoms with Gasteiger partial charge in [0.2, 0.25) is 0 Å². The van der Waals surface area contributed by atoms with Gasteiger partial charge in [-0.2, -0.15) is 13.2 Å². The first-order valence-corrected chi connectivity index (χ1v) is 12.6. The highest BCUT2D eigenvalue weighted by Crippen LogP contribution is 2.48. The Labute approximate surface area is 209 Å². The van der Waals surface area contributed by atoms with Gasteiger partial charge in [-0.05, 0) is 61.8 Å². The van der Waals surface area contributed by atoms with Gasteiger partial charge in [0.1, 0.15) is 11.0 Å². The molecule has 1 amide bonds. The molecule has 3 atom stereocenters. The van der Waals surface area contributed by atoms with Crippen molar-refractivity contribution in [3.63, 3.8) is 0 Å². The number of alkyl halides is 3. The van der Waals surface area contributed by atoms with E-state index in [-0.39, 0.29) is 6.42 Å². The summed E-state index contributed by atoms with van der Waals surface area (Å²) in [5.41, 5.74) is -7.00. The van der Waals surface area contributed by atoms with Crippen molar-refractivity contribution in [1.82, 2.24) is 4.31 Å². The number of hydrogen-bond acceptors (Lipinski definition) is 5. The van der Waals surface area contributed by atoms with Crippen LogP contribution in [0.4, 0.5) is 13.2 Å². The average molecular weight is 519 g/mol. The summed E-state index contributed by atoms with van der Waals surface area (Å²) in [6, 6.07) is 6.66. The van der Waals surface area contributed by atoms with Crippen LogP contribution in [-0.4, -0.2) is 56.2 Å². The van der Waals surface area contributed by atoms with Gasteiger partial charge in [-0.15, -0.1) is 0 Å². The molecule has 1 aliphatic heterocycles. The molecule has 2 rings (SSSR count). The zero-order valence-electron chi connectivity index (χ0n) is 22.2. The van der Waals surface area contributed by atoms with E-state index in [1.165, 1.54) is 30.3 Å². The number of ether oxygens (including phenoxy) is 1. The highest BCUT2D eigenvalue weighted by Gasteiger charge is 2.69. The number of amides is 1. The monoisotopic (exact) mass is 519 g/mol. The Morgan fingerprint density at radius 3 is 1.83 bits per heavy atom. The first-order valence-electron chi connectivity index (χ1n) is 11.5. The number of nitrogens with zero attached hydrogens (tertiary/aromatic N) is 1. The second-order valence-corrected chi connectivity index (χ2v) is 13.1. The van der Waals surface area contributed by atoms with Gasteiger partial charge in [0, 0.05) is 12.7 Å². The summed E-state index contributed by atoms with van der Waals surface area (Å²) in [5, 5.41) is 0. The quantitative estimate of drug-likeness (QED) is 0.465. The van der Waals surface area contributed by atoms with E-state index in [9.17, 15) is 22.2 Å². The van der Waals surface area contributed by atoms with Crippen LogP contribution in [-0.2, 0) is 35.4 Å². The predicted octanol–water partition coefficient (Wildman–Crippen LogP) is 5.18. The summed E-state index contributed by atoms with van der Waals surface area (Å²) in [5.74, 6) is -1.49. The van der Waals surface area contributed by atoms with Crippen molar-refractivity contribution < 1.29 is 36.2 Å². The van der Waals surface area contributed by atoms with Crippen LogP contribution >= 0.6 is 0 Å². The normalized spacial score (nSPS) is 22.3. The van der Waals surface area contributed by atoms with Crippen LogP contribution in [0.15, 0.2) is 30.3 Å². The number of carbonyl (C=O) groups is 1. The second kappa shape index (κ2) is 9.47. The summed E-state index contributed by atoms with van der Waals surface area (Å²) in [6.07, 6.45) is -5.06. The molecular weight excluding hydrogens is 482 g/mol. The first kappa shape index (κ1) is 29.8. The highest BCUT2D eigenvalue weighted by atomic mass is 32.2. The van der Waals surface area contributed by atoms with Crippen LogP contribution in [0.1, 0.15) is 74.3 Å². The van der Waals surface area contributed by atoms with Crippen molar-refractivity contribution in [3.05, 3.63) is 35.9 Å². The van der Waals surface area contributed by atoms with Crippen LogP contribution in [0, 0.1) is 0 Å². The molecule has 1 aliphatic rings. The Bertz CT molecular complexity index is 935. The highest BCUT2D eigenvalue weighted by molar-refractivity contribution is 7.84. The molecule has 0 saturated carbocycles. The topological polar surface area (TPSA) is 65.1 Å². The molecule has 0 aliphatic carbocycles. The van der Waals surface area contributed by atoms with Gasteiger partial charge in [-0.3, -0.25) is 9.10 Å². The molecule has 198 valence electrons. The Hall–Kier alpha value is -1.43. The lowest BCUT2D eigenvalue weighted by atomic mass is 9.63. The number of benzene rings is 1. The summed E-state index contributed by atoms with van der Waals surface area (Å²) in [4.78, 5) is 14.2. The zero-order chi connectivity index (χ0) is 27.3. The minimum atomic E-state index is -5.16. The Morgan fingerprint density at radius 2 is 1.49 bits per heavy atom. The van der Waals surface area contributed by atoms with E-state index >= 15 is 0 Å². The number of carbonyl (C=O) groups excluding carboxylic acids is 1. The third kappa shape index (κ3) is 4.93. The van der Waals surface area contributed by atoms with Crippen molar-refractivity contribution in [2.75, 3.05) is 7.11 Å². The minimum absolute atomic E-state index is 0.101. The van der Waals surface area contributed by atoms with E-state index in [2.05, 4.69) is 0 Å². The zero-order valence-corrected chi connectivity index (χ0v) is 23.0. The average Bonchev–Trinajstić information content (AvgIpc) is 2.95. The smallest absolute Gasteiger partial charge is 0.402 e. The predicted molar refractivity (Wildman–Crippen MR) is 131 cm³/mol. The SMILES string of the molecule is CC[C@@](C)(B1OC(C)(C)C(C)(C)O1)N(C(=O)[C@](OC)(c1ccccc1)C(F)(F)F)[S@](=O)C(C)(C)C. The summed E-state index contributed by atoms with van der Waals surface area (Å²) >= 11 is 0. The molecule has 1 fully saturated rings. The first-order chi connectivity index (χ1) is 15.7. The third-order valence-corrected chi connectivity index (χ3v) is 8.96. The number of methoxy groups -OCH3 is 1. The van der Waals surface area contributed by atoms with Crippen LogP contribution in [0.3, 0.4) is 0 Å². The molecular formula is C24H37BF3NO5S. The molecule has 0 unspecified atom stereocenters. The lowest BCUT2D eigenvalue weighted by Gasteiger charge is -2.47. The van der Waals surface area contributed by atoms with E-state index in [4.69, 9.17) is 14.0 Å². The number of rotatable bonds is 7. The van der Waals surface area contributed by atoms with Crippen molar-refractivity contribution >= 4 is 24.0 Å². The van der Waals surface area contributed by atoms with Crippen LogP contribution in [0.5, 0.6) is 0 Å². The van der Waals surface area contributed by atoms with Gasteiger partial charge in [0.05, 0.1) is 21.4 Å². The van der Waals surface area contributed by atoms with Gasteiger partial charge >= 0.3 is 13.3 Å². The van der Waals surface area contributed by atoms with Gasteiger partial charge in [0.25, 0.3) is 11.5 Å². The van der Waals surface area contributed by atoms with E-state index in [0.29, 0.717) is 0 Å². The number of hydrogen-bond donors (Lipinski definition) is 0. The van der Waals surface area contributed by atoms with Crippen molar-refractivity contribution in [3.8, 4) is 0 Å². The van der Waals surface area contributed by atoms with Crippen molar-refractivity contribution in [1.29, 1.82) is 0 Å². The van der Waals surface area contributed by atoms with Gasteiger partial charge < -0.3 is 14.0 Å². The molecule has 6 nitrogen and oxygen atoms in total. The lowest BCUT2D eigenvalue weighted by molar-refractivity contribution is -0.269. The van der Waals surface area contributed by atoms with Crippen LogP contribution in [0.2, 0.25) is 0 Å².